The number of aryl methyl sites for hydroxylation is 1. The van der Waals surface area contributed by atoms with Crippen LogP contribution in [0.25, 0.3) is 0 Å². The maximum atomic E-state index is 13.3. The Hall–Kier alpha value is -3.34. The molecule has 0 aliphatic carbocycles. The van der Waals surface area contributed by atoms with E-state index in [4.69, 9.17) is 9.15 Å². The van der Waals surface area contributed by atoms with Crippen LogP contribution in [0.4, 0.5) is 0 Å². The number of ether oxygens (including phenoxy) is 1. The standard InChI is InChI=1S/C22H20N2O3/c1-15-9-11-16(12-10-15)19-14-18(21-8-5-13-27-21)23-24(19)22(25)17-6-3-4-7-20(17)26-2/h3-13,19H,14H2,1-2H3. The Morgan fingerprint density at radius 3 is 2.59 bits per heavy atom. The first-order chi connectivity index (χ1) is 13.2. The van der Waals surface area contributed by atoms with Gasteiger partial charge in [0, 0.05) is 6.42 Å². The van der Waals surface area contributed by atoms with E-state index < -0.39 is 0 Å². The number of methoxy groups -OCH3 is 1. The molecular formula is C22H20N2O3. The van der Waals surface area contributed by atoms with Crippen LogP contribution in [-0.2, 0) is 0 Å². The number of benzene rings is 2. The molecule has 0 spiro atoms. The molecule has 0 bridgehead atoms. The molecule has 2 heterocycles. The number of rotatable bonds is 4. The third-order valence-electron chi connectivity index (χ3n) is 4.72. The number of carbonyl (C=O) groups excluding carboxylic acids is 1. The van der Waals surface area contributed by atoms with E-state index in [2.05, 4.69) is 5.10 Å². The molecule has 5 heteroatoms. The van der Waals surface area contributed by atoms with Gasteiger partial charge in [-0.2, -0.15) is 5.10 Å². The Morgan fingerprint density at radius 2 is 1.89 bits per heavy atom. The summed E-state index contributed by atoms with van der Waals surface area (Å²) in [5.41, 5.74) is 3.45. The van der Waals surface area contributed by atoms with Crippen molar-refractivity contribution in [2.24, 2.45) is 5.10 Å². The maximum absolute atomic E-state index is 13.3. The van der Waals surface area contributed by atoms with Crippen molar-refractivity contribution in [2.45, 2.75) is 19.4 Å². The number of furan rings is 1. The quantitative estimate of drug-likeness (QED) is 0.684. The van der Waals surface area contributed by atoms with Gasteiger partial charge < -0.3 is 9.15 Å². The molecule has 0 N–H and O–H groups in total. The second-order valence-corrected chi connectivity index (χ2v) is 6.50. The molecule has 3 aromatic rings. The van der Waals surface area contributed by atoms with E-state index in [-0.39, 0.29) is 11.9 Å². The lowest BCUT2D eigenvalue weighted by Gasteiger charge is -2.23. The third kappa shape index (κ3) is 3.24. The monoisotopic (exact) mass is 360 g/mol. The van der Waals surface area contributed by atoms with Gasteiger partial charge in [0.05, 0.1) is 25.0 Å². The number of hydrogen-bond acceptors (Lipinski definition) is 4. The zero-order valence-electron chi connectivity index (χ0n) is 15.3. The number of amides is 1. The highest BCUT2D eigenvalue weighted by Crippen LogP contribution is 2.35. The Kier molecular flexibility index (Phi) is 4.50. The Bertz CT molecular complexity index is 975. The second-order valence-electron chi connectivity index (χ2n) is 6.50. The summed E-state index contributed by atoms with van der Waals surface area (Å²) in [5.74, 6) is 1.02. The van der Waals surface area contributed by atoms with Crippen molar-refractivity contribution in [3.05, 3.63) is 89.4 Å². The van der Waals surface area contributed by atoms with Crippen LogP contribution in [0.2, 0.25) is 0 Å². The largest absolute Gasteiger partial charge is 0.496 e. The molecule has 27 heavy (non-hydrogen) atoms. The minimum atomic E-state index is -0.195. The van der Waals surface area contributed by atoms with Crippen molar-refractivity contribution >= 4 is 11.6 Å². The summed E-state index contributed by atoms with van der Waals surface area (Å²) >= 11 is 0. The summed E-state index contributed by atoms with van der Waals surface area (Å²) in [5, 5.41) is 6.16. The van der Waals surface area contributed by atoms with Gasteiger partial charge in [0.25, 0.3) is 5.91 Å². The van der Waals surface area contributed by atoms with E-state index in [1.165, 1.54) is 5.56 Å². The molecular weight excluding hydrogens is 340 g/mol. The van der Waals surface area contributed by atoms with E-state index >= 15 is 0 Å². The normalized spacial score (nSPS) is 16.3. The molecule has 1 unspecified atom stereocenters. The van der Waals surface area contributed by atoms with E-state index in [9.17, 15) is 4.79 Å². The van der Waals surface area contributed by atoms with Gasteiger partial charge in [-0.1, -0.05) is 42.0 Å². The average Bonchev–Trinajstić information content (AvgIpc) is 3.38. The first-order valence-electron chi connectivity index (χ1n) is 8.82. The molecule has 1 aromatic heterocycles. The van der Waals surface area contributed by atoms with Gasteiger partial charge in [-0.05, 0) is 36.8 Å². The zero-order chi connectivity index (χ0) is 18.8. The van der Waals surface area contributed by atoms with Crippen molar-refractivity contribution in [3.63, 3.8) is 0 Å². The Balaban J connectivity index is 1.75. The first-order valence-corrected chi connectivity index (χ1v) is 8.82. The predicted molar refractivity (Wildman–Crippen MR) is 103 cm³/mol. The Morgan fingerprint density at radius 1 is 1.11 bits per heavy atom. The highest BCUT2D eigenvalue weighted by atomic mass is 16.5. The van der Waals surface area contributed by atoms with Crippen LogP contribution >= 0.6 is 0 Å². The second kappa shape index (κ2) is 7.11. The number of carbonyl (C=O) groups is 1. The van der Waals surface area contributed by atoms with Gasteiger partial charge in [-0.3, -0.25) is 4.79 Å². The summed E-state index contributed by atoms with van der Waals surface area (Å²) in [4.78, 5) is 13.3. The van der Waals surface area contributed by atoms with Crippen molar-refractivity contribution in [3.8, 4) is 5.75 Å². The smallest absolute Gasteiger partial charge is 0.278 e. The lowest BCUT2D eigenvalue weighted by molar-refractivity contribution is 0.0708. The first kappa shape index (κ1) is 17.1. The summed E-state index contributed by atoms with van der Waals surface area (Å²) < 4.78 is 10.9. The van der Waals surface area contributed by atoms with Crippen LogP contribution in [0.15, 0.2) is 76.4 Å². The van der Waals surface area contributed by atoms with Crippen LogP contribution in [0.3, 0.4) is 0 Å². The number of para-hydroxylation sites is 1. The summed E-state index contributed by atoms with van der Waals surface area (Å²) in [6.07, 6.45) is 2.21. The topological polar surface area (TPSA) is 55.0 Å². The Labute approximate surface area is 157 Å². The summed E-state index contributed by atoms with van der Waals surface area (Å²) in [6.45, 7) is 2.04. The van der Waals surface area contributed by atoms with Gasteiger partial charge >= 0.3 is 0 Å². The molecule has 4 rings (SSSR count). The lowest BCUT2D eigenvalue weighted by atomic mass is 9.99. The highest BCUT2D eigenvalue weighted by Gasteiger charge is 2.35. The minimum Gasteiger partial charge on any atom is -0.496 e. The van der Waals surface area contributed by atoms with Crippen molar-refractivity contribution < 1.29 is 13.9 Å². The summed E-state index contributed by atoms with van der Waals surface area (Å²) in [7, 11) is 1.56. The van der Waals surface area contributed by atoms with Gasteiger partial charge in [-0.15, -0.1) is 0 Å². The zero-order valence-corrected chi connectivity index (χ0v) is 15.3. The van der Waals surface area contributed by atoms with Crippen molar-refractivity contribution in [2.75, 3.05) is 7.11 Å². The SMILES string of the molecule is COc1ccccc1C(=O)N1N=C(c2ccco2)CC1c1ccc(C)cc1. The predicted octanol–water partition coefficient (Wildman–Crippen LogP) is 4.59. The van der Waals surface area contributed by atoms with Crippen LogP contribution in [0, 0.1) is 6.92 Å². The number of hydrogen-bond donors (Lipinski definition) is 0. The van der Waals surface area contributed by atoms with Crippen LogP contribution in [0.1, 0.15) is 39.7 Å². The molecule has 0 fully saturated rings. The molecule has 1 amide bonds. The van der Waals surface area contributed by atoms with Gasteiger partial charge in [0.1, 0.15) is 17.2 Å². The van der Waals surface area contributed by atoms with Crippen LogP contribution < -0.4 is 4.74 Å². The van der Waals surface area contributed by atoms with Crippen LogP contribution in [0.5, 0.6) is 5.75 Å². The molecule has 2 aromatic carbocycles. The molecule has 136 valence electrons. The molecule has 0 saturated carbocycles. The fourth-order valence-electron chi connectivity index (χ4n) is 3.28. The fourth-order valence-corrected chi connectivity index (χ4v) is 3.28. The molecule has 1 aliphatic rings. The molecule has 1 aliphatic heterocycles. The van der Waals surface area contributed by atoms with E-state index in [1.54, 1.807) is 30.5 Å². The van der Waals surface area contributed by atoms with E-state index in [0.29, 0.717) is 23.5 Å². The lowest BCUT2D eigenvalue weighted by Crippen LogP contribution is -2.27. The number of nitrogens with zero attached hydrogens (tertiary/aromatic N) is 2. The number of hydrazone groups is 1. The van der Waals surface area contributed by atoms with Crippen LogP contribution in [-0.4, -0.2) is 23.7 Å². The maximum Gasteiger partial charge on any atom is 0.278 e. The molecule has 1 atom stereocenters. The minimum absolute atomic E-state index is 0.192. The molecule has 5 nitrogen and oxygen atoms in total. The third-order valence-corrected chi connectivity index (χ3v) is 4.72. The van der Waals surface area contributed by atoms with Crippen molar-refractivity contribution in [1.82, 2.24) is 5.01 Å². The molecule has 0 radical (unpaired) electrons. The van der Waals surface area contributed by atoms with E-state index in [0.717, 1.165) is 11.3 Å². The fraction of sp³-hybridized carbons (Fsp3) is 0.182. The van der Waals surface area contributed by atoms with Gasteiger partial charge in [0.15, 0.2) is 0 Å². The van der Waals surface area contributed by atoms with Crippen molar-refractivity contribution in [1.29, 1.82) is 0 Å². The summed E-state index contributed by atoms with van der Waals surface area (Å²) in [6, 6.07) is 18.9. The van der Waals surface area contributed by atoms with Gasteiger partial charge in [-0.25, -0.2) is 5.01 Å². The van der Waals surface area contributed by atoms with E-state index in [1.807, 2.05) is 55.5 Å². The highest BCUT2D eigenvalue weighted by molar-refractivity contribution is 6.04. The van der Waals surface area contributed by atoms with Gasteiger partial charge in [0.2, 0.25) is 0 Å². The average molecular weight is 360 g/mol. The molecule has 0 saturated heterocycles.